The fraction of sp³-hybridized carbons (Fsp3) is 0.500. The van der Waals surface area contributed by atoms with Crippen LogP contribution in [0.15, 0.2) is 4.99 Å². The minimum atomic E-state index is -4.26. The largest absolute Gasteiger partial charge is 0.430 e. The van der Waals surface area contributed by atoms with Crippen molar-refractivity contribution in [1.82, 2.24) is 5.32 Å². The van der Waals surface area contributed by atoms with Crippen LogP contribution in [0.25, 0.3) is 0 Å². The Morgan fingerprint density at radius 1 is 1.56 bits per heavy atom. The maximum absolute atomic E-state index is 11.6. The van der Waals surface area contributed by atoms with Crippen molar-refractivity contribution < 1.29 is 13.2 Å². The van der Waals surface area contributed by atoms with Gasteiger partial charge in [0.1, 0.15) is 12.4 Å². The average molecular weight is 137 g/mol. The zero-order valence-corrected chi connectivity index (χ0v) is 4.37. The van der Waals surface area contributed by atoms with Gasteiger partial charge >= 0.3 is 6.18 Å². The molecular weight excluding hydrogens is 133 g/mol. The maximum atomic E-state index is 11.6. The number of aliphatic imine (C=N–C) groups is 1. The Labute approximate surface area is 49.8 Å². The molecule has 1 heterocycles. The Kier molecular flexibility index (Phi) is 1.44. The van der Waals surface area contributed by atoms with Crippen LogP contribution in [0.5, 0.6) is 0 Å². The van der Waals surface area contributed by atoms with Gasteiger partial charge in [0.15, 0.2) is 0 Å². The number of nitrogens with one attached hydrogen (secondary N) is 1. The number of hydrogen-bond donors (Lipinski definition) is 1. The van der Waals surface area contributed by atoms with Gasteiger partial charge in [-0.1, -0.05) is 0 Å². The summed E-state index contributed by atoms with van der Waals surface area (Å²) >= 11 is 0. The normalized spacial score (nSPS) is 20.1. The highest BCUT2D eigenvalue weighted by molar-refractivity contribution is 5.93. The number of alkyl halides is 3. The van der Waals surface area contributed by atoms with Gasteiger partial charge in [-0.3, -0.25) is 10.3 Å². The lowest BCUT2D eigenvalue weighted by Gasteiger charge is -2.02. The van der Waals surface area contributed by atoms with Crippen molar-refractivity contribution in [3.8, 4) is 0 Å². The smallest absolute Gasteiger partial charge is 0.287 e. The van der Waals surface area contributed by atoms with Crippen molar-refractivity contribution in [3.05, 3.63) is 6.67 Å². The van der Waals surface area contributed by atoms with Crippen molar-refractivity contribution in [2.45, 2.75) is 6.18 Å². The van der Waals surface area contributed by atoms with Crippen LogP contribution in [0.2, 0.25) is 0 Å². The molecule has 0 fully saturated rings. The first kappa shape index (κ1) is 6.54. The molecule has 5 heteroatoms. The molecule has 9 heavy (non-hydrogen) atoms. The molecule has 0 spiro atoms. The Morgan fingerprint density at radius 3 is 2.44 bits per heavy atom. The van der Waals surface area contributed by atoms with Gasteiger partial charge in [-0.15, -0.1) is 0 Å². The van der Waals surface area contributed by atoms with Gasteiger partial charge in [-0.05, 0) is 0 Å². The first-order valence-electron chi connectivity index (χ1n) is 2.29. The van der Waals surface area contributed by atoms with E-state index in [9.17, 15) is 13.2 Å². The molecular formula is C4H4F3N2. The first-order valence-corrected chi connectivity index (χ1v) is 2.29. The molecule has 1 N–H and O–H groups in total. The van der Waals surface area contributed by atoms with Crippen LogP contribution >= 0.6 is 0 Å². The molecule has 0 saturated heterocycles. The van der Waals surface area contributed by atoms with E-state index < -0.39 is 11.9 Å². The van der Waals surface area contributed by atoms with E-state index in [4.69, 9.17) is 0 Å². The molecule has 0 aromatic heterocycles. The minimum Gasteiger partial charge on any atom is -0.287 e. The molecule has 0 unspecified atom stereocenters. The van der Waals surface area contributed by atoms with Crippen molar-refractivity contribution in [3.63, 3.8) is 0 Å². The van der Waals surface area contributed by atoms with Gasteiger partial charge in [-0.25, -0.2) is 0 Å². The third-order valence-corrected chi connectivity index (χ3v) is 0.908. The maximum Gasteiger partial charge on any atom is 0.430 e. The molecule has 0 amide bonds. The molecule has 0 atom stereocenters. The fourth-order valence-electron chi connectivity index (χ4n) is 0.485. The average Bonchev–Trinajstić information content (AvgIpc) is 2.08. The van der Waals surface area contributed by atoms with Crippen LogP contribution in [-0.2, 0) is 0 Å². The minimum absolute atomic E-state index is 0.205. The van der Waals surface area contributed by atoms with Crippen LogP contribution in [-0.4, -0.2) is 18.4 Å². The van der Waals surface area contributed by atoms with E-state index in [0.717, 1.165) is 6.67 Å². The Hall–Kier alpha value is -0.580. The molecule has 1 radical (unpaired) electrons. The quantitative estimate of drug-likeness (QED) is 0.522. The van der Waals surface area contributed by atoms with Crippen molar-refractivity contribution in [2.24, 2.45) is 4.99 Å². The van der Waals surface area contributed by atoms with E-state index in [-0.39, 0.29) is 6.54 Å². The van der Waals surface area contributed by atoms with E-state index in [1.54, 1.807) is 0 Å². The Bertz CT molecular complexity index is 137. The lowest BCUT2D eigenvalue weighted by molar-refractivity contribution is -0.0592. The molecule has 2 nitrogen and oxygen atoms in total. The second-order valence-electron chi connectivity index (χ2n) is 1.58. The highest BCUT2D eigenvalue weighted by Crippen LogP contribution is 2.18. The summed E-state index contributed by atoms with van der Waals surface area (Å²) in [5.74, 6) is 0. The van der Waals surface area contributed by atoms with Crippen LogP contribution in [0, 0.1) is 6.67 Å². The summed E-state index contributed by atoms with van der Waals surface area (Å²) < 4.78 is 34.7. The van der Waals surface area contributed by atoms with Gasteiger partial charge in [0.25, 0.3) is 0 Å². The van der Waals surface area contributed by atoms with E-state index in [2.05, 4.69) is 10.3 Å². The summed E-state index contributed by atoms with van der Waals surface area (Å²) in [6.07, 6.45) is -4.26. The molecule has 1 aliphatic rings. The molecule has 0 saturated carbocycles. The zero-order valence-electron chi connectivity index (χ0n) is 4.37. The van der Waals surface area contributed by atoms with Crippen molar-refractivity contribution in [2.75, 3.05) is 6.54 Å². The van der Waals surface area contributed by atoms with Gasteiger partial charge in [0.2, 0.25) is 0 Å². The summed E-state index contributed by atoms with van der Waals surface area (Å²) in [7, 11) is 0. The number of nitrogens with zero attached hydrogens (tertiary/aromatic N) is 1. The highest BCUT2D eigenvalue weighted by Gasteiger charge is 2.36. The summed E-state index contributed by atoms with van der Waals surface area (Å²) in [6, 6.07) is 0. The summed E-state index contributed by atoms with van der Waals surface area (Å²) in [5.41, 5.74) is -0.762. The third kappa shape index (κ3) is 1.41. The molecule has 0 aliphatic carbocycles. The second-order valence-corrected chi connectivity index (χ2v) is 1.58. The number of rotatable bonds is 0. The molecule has 51 valence electrons. The van der Waals surface area contributed by atoms with E-state index in [1.165, 1.54) is 0 Å². The predicted octanol–water partition coefficient (Wildman–Crippen LogP) is 0.712. The zero-order chi connectivity index (χ0) is 6.91. The SMILES string of the molecule is FC(F)(F)C1=N[CH]NC1. The number of hydrogen-bond acceptors (Lipinski definition) is 2. The second kappa shape index (κ2) is 1.98. The van der Waals surface area contributed by atoms with Crippen molar-refractivity contribution in [1.29, 1.82) is 0 Å². The van der Waals surface area contributed by atoms with Crippen LogP contribution in [0.3, 0.4) is 0 Å². The molecule has 1 aliphatic heterocycles. The summed E-state index contributed by atoms with van der Waals surface area (Å²) in [4.78, 5) is 3.06. The summed E-state index contributed by atoms with van der Waals surface area (Å²) in [5, 5.41) is 2.33. The monoisotopic (exact) mass is 137 g/mol. The van der Waals surface area contributed by atoms with Gasteiger partial charge in [0.05, 0.1) is 0 Å². The van der Waals surface area contributed by atoms with Gasteiger partial charge < -0.3 is 0 Å². The van der Waals surface area contributed by atoms with Gasteiger partial charge in [0, 0.05) is 6.54 Å². The Balaban J connectivity index is 2.61. The van der Waals surface area contributed by atoms with E-state index in [1.807, 2.05) is 0 Å². The third-order valence-electron chi connectivity index (χ3n) is 0.908. The van der Waals surface area contributed by atoms with Crippen molar-refractivity contribution >= 4 is 5.71 Å². The predicted molar refractivity (Wildman–Crippen MR) is 25.8 cm³/mol. The lowest BCUT2D eigenvalue weighted by Crippen LogP contribution is -2.27. The summed E-state index contributed by atoms with van der Waals surface area (Å²) in [6.45, 7) is 0.840. The standard InChI is InChI=1S/C4H4F3N2/c5-4(6,7)3-1-8-2-9-3/h2,8H,1H2. The molecule has 0 bridgehead atoms. The van der Waals surface area contributed by atoms with E-state index in [0.29, 0.717) is 0 Å². The number of halogens is 3. The lowest BCUT2D eigenvalue weighted by atomic mass is 10.4. The highest BCUT2D eigenvalue weighted by atomic mass is 19.4. The molecule has 1 rings (SSSR count). The fourth-order valence-corrected chi connectivity index (χ4v) is 0.485. The Morgan fingerprint density at radius 2 is 2.22 bits per heavy atom. The first-order chi connectivity index (χ1) is 4.11. The van der Waals surface area contributed by atoms with Gasteiger partial charge in [-0.2, -0.15) is 13.2 Å². The topological polar surface area (TPSA) is 24.4 Å². The van der Waals surface area contributed by atoms with E-state index >= 15 is 0 Å². The van der Waals surface area contributed by atoms with Crippen LogP contribution < -0.4 is 5.32 Å². The molecule has 0 aromatic rings. The molecule has 0 aromatic carbocycles. The van der Waals surface area contributed by atoms with Crippen LogP contribution in [0.4, 0.5) is 13.2 Å². The van der Waals surface area contributed by atoms with Crippen LogP contribution in [0.1, 0.15) is 0 Å².